The quantitative estimate of drug-likeness (QED) is 0.263. The van der Waals surface area contributed by atoms with E-state index in [1.807, 2.05) is 6.07 Å². The van der Waals surface area contributed by atoms with Crippen molar-refractivity contribution in [1.82, 2.24) is 9.97 Å². The monoisotopic (exact) mass is 545 g/mol. The number of para-hydroxylation sites is 1. The van der Waals surface area contributed by atoms with Crippen molar-refractivity contribution in [3.8, 4) is 0 Å². The molecule has 194 valence electrons. The minimum atomic E-state index is -0.201. The molecule has 0 fully saturated rings. The molecule has 0 saturated carbocycles. The van der Waals surface area contributed by atoms with Crippen LogP contribution in [0.1, 0.15) is 82.9 Å². The number of aromatic nitrogens is 2. The highest BCUT2D eigenvalue weighted by Gasteiger charge is 2.43. The molecule has 1 aliphatic heterocycles. The van der Waals surface area contributed by atoms with Crippen molar-refractivity contribution >= 4 is 40.7 Å². The molecule has 2 heterocycles. The van der Waals surface area contributed by atoms with Gasteiger partial charge in [0.15, 0.2) is 0 Å². The van der Waals surface area contributed by atoms with Gasteiger partial charge < -0.3 is 10.3 Å². The normalized spacial score (nSPS) is 18.2. The highest BCUT2D eigenvalue weighted by molar-refractivity contribution is 7.99. The first kappa shape index (κ1) is 28.6. The number of unbranched alkanes of at least 4 members (excludes halogenated alkanes) is 2. The molecular formula is C29H37Cl2N3OS. The fraction of sp³-hybridized carbons (Fsp3) is 0.448. The molecular weight excluding hydrogens is 509 g/mol. The molecule has 0 aliphatic carbocycles. The van der Waals surface area contributed by atoms with Crippen molar-refractivity contribution in [3.05, 3.63) is 80.3 Å². The standard InChI is InChI=1S/C18H29N.C11H8Cl2N2OS/c1-4-7-10-14-18(13-5-2)16(6-3)15-11-8-9-12-17(15)19-18;1-6-11(16)15-9(5-14-6)17-8-4-2-3-7(12)10(8)13/h8-9,11-12,16,19H,4-7,10,13-14H2,1-3H3;2-5H,1H3,(H,15,16)/t16-,18?;/m1./s1. The van der Waals surface area contributed by atoms with Crippen LogP contribution in [0.5, 0.6) is 0 Å². The van der Waals surface area contributed by atoms with E-state index in [-0.39, 0.29) is 5.56 Å². The molecule has 0 spiro atoms. The summed E-state index contributed by atoms with van der Waals surface area (Å²) in [6.07, 6.45) is 10.8. The number of nitrogens with one attached hydrogen (secondary N) is 2. The van der Waals surface area contributed by atoms with Crippen LogP contribution in [0.3, 0.4) is 0 Å². The predicted molar refractivity (Wildman–Crippen MR) is 155 cm³/mol. The lowest BCUT2D eigenvalue weighted by Gasteiger charge is -2.36. The number of rotatable bonds is 9. The topological polar surface area (TPSA) is 57.8 Å². The van der Waals surface area contributed by atoms with Gasteiger partial charge in [0.1, 0.15) is 5.69 Å². The molecule has 2 N–H and O–H groups in total. The summed E-state index contributed by atoms with van der Waals surface area (Å²) < 4.78 is 0. The third kappa shape index (κ3) is 6.87. The maximum Gasteiger partial charge on any atom is 0.270 e. The van der Waals surface area contributed by atoms with E-state index in [2.05, 4.69) is 60.3 Å². The Labute approximate surface area is 229 Å². The Morgan fingerprint density at radius 3 is 2.47 bits per heavy atom. The van der Waals surface area contributed by atoms with Crippen LogP contribution in [0.2, 0.25) is 10.0 Å². The highest BCUT2D eigenvalue weighted by Crippen LogP contribution is 2.49. The van der Waals surface area contributed by atoms with Crippen LogP contribution >= 0.6 is 35.0 Å². The number of anilines is 1. The molecule has 7 heteroatoms. The Balaban J connectivity index is 0.000000202. The van der Waals surface area contributed by atoms with Crippen molar-refractivity contribution in [2.24, 2.45) is 0 Å². The second kappa shape index (κ2) is 13.6. The van der Waals surface area contributed by atoms with E-state index in [9.17, 15) is 4.79 Å². The van der Waals surface area contributed by atoms with E-state index in [0.29, 0.717) is 32.2 Å². The molecule has 4 nitrogen and oxygen atoms in total. The smallest absolute Gasteiger partial charge is 0.270 e. The van der Waals surface area contributed by atoms with Gasteiger partial charge in [-0.2, -0.15) is 0 Å². The van der Waals surface area contributed by atoms with Gasteiger partial charge in [-0.05, 0) is 49.9 Å². The molecule has 3 aromatic rings. The van der Waals surface area contributed by atoms with Crippen molar-refractivity contribution in [2.75, 3.05) is 5.32 Å². The third-order valence-corrected chi connectivity index (χ3v) is 8.71. The summed E-state index contributed by atoms with van der Waals surface area (Å²) in [4.78, 5) is 18.9. The summed E-state index contributed by atoms with van der Waals surface area (Å²) in [5.41, 5.74) is 3.50. The van der Waals surface area contributed by atoms with Crippen LogP contribution in [0.4, 0.5) is 5.69 Å². The van der Waals surface area contributed by atoms with Gasteiger partial charge in [-0.3, -0.25) is 9.78 Å². The first-order chi connectivity index (χ1) is 17.3. The van der Waals surface area contributed by atoms with E-state index in [0.717, 1.165) is 4.90 Å². The molecule has 1 unspecified atom stereocenters. The number of hydrogen-bond acceptors (Lipinski definition) is 4. The van der Waals surface area contributed by atoms with Crippen LogP contribution in [-0.4, -0.2) is 15.5 Å². The number of hydrogen-bond donors (Lipinski definition) is 2. The number of benzene rings is 2. The molecule has 4 rings (SSSR count). The highest BCUT2D eigenvalue weighted by atomic mass is 35.5. The Hall–Kier alpha value is -1.95. The maximum atomic E-state index is 11.4. The second-order valence-electron chi connectivity index (χ2n) is 9.35. The molecule has 1 aliphatic rings. The van der Waals surface area contributed by atoms with Gasteiger partial charge in [0.25, 0.3) is 5.56 Å². The van der Waals surface area contributed by atoms with Gasteiger partial charge in [0.05, 0.1) is 21.3 Å². The van der Waals surface area contributed by atoms with E-state index < -0.39 is 0 Å². The van der Waals surface area contributed by atoms with Gasteiger partial charge in [0, 0.05) is 22.0 Å². The van der Waals surface area contributed by atoms with Crippen molar-refractivity contribution < 1.29 is 0 Å². The van der Waals surface area contributed by atoms with E-state index in [4.69, 9.17) is 23.2 Å². The van der Waals surface area contributed by atoms with Crippen molar-refractivity contribution in [1.29, 1.82) is 0 Å². The molecule has 0 saturated heterocycles. The van der Waals surface area contributed by atoms with Crippen LogP contribution in [-0.2, 0) is 0 Å². The molecule has 1 aromatic heterocycles. The lowest BCUT2D eigenvalue weighted by molar-refractivity contribution is 0.325. The first-order valence-corrected chi connectivity index (χ1v) is 14.5. The predicted octanol–water partition coefficient (Wildman–Crippen LogP) is 9.26. The summed E-state index contributed by atoms with van der Waals surface area (Å²) in [5.74, 6) is 0.695. The number of fused-ring (bicyclic) bond motifs is 1. The largest absolute Gasteiger partial charge is 0.379 e. The van der Waals surface area contributed by atoms with E-state index >= 15 is 0 Å². The Kier molecular flexibility index (Phi) is 10.8. The summed E-state index contributed by atoms with van der Waals surface area (Å²) in [6.45, 7) is 8.61. The second-order valence-corrected chi connectivity index (χ2v) is 11.2. The molecule has 0 amide bonds. The average Bonchev–Trinajstić information content (AvgIpc) is 3.18. The van der Waals surface area contributed by atoms with Gasteiger partial charge >= 0.3 is 0 Å². The zero-order valence-electron chi connectivity index (χ0n) is 21.7. The summed E-state index contributed by atoms with van der Waals surface area (Å²) in [7, 11) is 0. The molecule has 2 aromatic carbocycles. The fourth-order valence-corrected chi connectivity index (χ4v) is 6.40. The lowest BCUT2D eigenvalue weighted by Crippen LogP contribution is -2.39. The van der Waals surface area contributed by atoms with Gasteiger partial charge in [0.2, 0.25) is 0 Å². The SMILES string of the molecule is CCCCCC1(CCC)Nc2ccccc2[C@H]1CC.Cc1ncc(Sc2cccc(Cl)c2Cl)[nH]c1=O. The van der Waals surface area contributed by atoms with Crippen LogP contribution in [0.15, 0.2) is 63.4 Å². The summed E-state index contributed by atoms with van der Waals surface area (Å²) in [5, 5.41) is 5.50. The van der Waals surface area contributed by atoms with Gasteiger partial charge in [-0.25, -0.2) is 0 Å². The fourth-order valence-electron chi connectivity index (χ4n) is 5.10. The number of aryl methyl sites for hydroxylation is 1. The Bertz CT molecular complexity index is 1200. The van der Waals surface area contributed by atoms with Crippen molar-refractivity contribution in [3.63, 3.8) is 0 Å². The van der Waals surface area contributed by atoms with E-state index in [1.165, 1.54) is 62.4 Å². The molecule has 2 atom stereocenters. The van der Waals surface area contributed by atoms with Gasteiger partial charge in [-0.15, -0.1) is 0 Å². The molecule has 0 radical (unpaired) electrons. The zero-order chi connectivity index (χ0) is 26.1. The number of nitrogens with zero attached hydrogens (tertiary/aromatic N) is 1. The molecule has 36 heavy (non-hydrogen) atoms. The number of halogens is 2. The summed E-state index contributed by atoms with van der Waals surface area (Å²) in [6, 6.07) is 14.3. The molecule has 0 bridgehead atoms. The van der Waals surface area contributed by atoms with Crippen LogP contribution in [0.25, 0.3) is 0 Å². The zero-order valence-corrected chi connectivity index (χ0v) is 24.0. The minimum absolute atomic E-state index is 0.201. The Morgan fingerprint density at radius 1 is 1.00 bits per heavy atom. The first-order valence-electron chi connectivity index (χ1n) is 12.9. The van der Waals surface area contributed by atoms with E-state index in [1.54, 1.807) is 30.8 Å². The van der Waals surface area contributed by atoms with Crippen LogP contribution < -0.4 is 10.9 Å². The van der Waals surface area contributed by atoms with Crippen LogP contribution in [0, 0.1) is 6.92 Å². The third-order valence-electron chi connectivity index (χ3n) is 6.79. The lowest BCUT2D eigenvalue weighted by atomic mass is 9.75. The Morgan fingerprint density at radius 2 is 1.78 bits per heavy atom. The maximum absolute atomic E-state index is 11.4. The number of H-pyrrole nitrogens is 1. The average molecular weight is 547 g/mol. The minimum Gasteiger partial charge on any atom is -0.379 e. The van der Waals surface area contributed by atoms with Gasteiger partial charge in [-0.1, -0.05) is 106 Å². The summed E-state index contributed by atoms with van der Waals surface area (Å²) >= 11 is 13.3. The number of aromatic amines is 1. The van der Waals surface area contributed by atoms with Crippen molar-refractivity contribution in [2.45, 2.75) is 94.0 Å².